The number of ether oxygens (including phenoxy) is 1. The molecule has 1 aliphatic heterocycles. The molecule has 2 N–H and O–H groups in total. The molecule has 4 heteroatoms. The Kier molecular flexibility index (Phi) is 4.80. The summed E-state index contributed by atoms with van der Waals surface area (Å²) in [5.41, 5.74) is 0. The zero-order chi connectivity index (χ0) is 12.1. The van der Waals surface area contributed by atoms with Crippen molar-refractivity contribution < 1.29 is 14.6 Å². The summed E-state index contributed by atoms with van der Waals surface area (Å²) in [4.78, 5) is 10.8. The molecule has 98 valence electrons. The molecule has 1 saturated carbocycles. The van der Waals surface area contributed by atoms with E-state index in [0.29, 0.717) is 11.8 Å². The van der Waals surface area contributed by atoms with Gasteiger partial charge in [-0.15, -0.1) is 0 Å². The molecule has 2 aliphatic rings. The molecular weight excluding hydrogens is 218 g/mol. The van der Waals surface area contributed by atoms with E-state index in [1.807, 2.05) is 0 Å². The maximum atomic E-state index is 10.8. The highest BCUT2D eigenvalue weighted by Gasteiger charge is 2.25. The molecule has 1 atom stereocenters. The quantitative estimate of drug-likeness (QED) is 0.766. The minimum absolute atomic E-state index is 0.0884. The second-order valence-electron chi connectivity index (χ2n) is 5.44. The second kappa shape index (κ2) is 6.36. The van der Waals surface area contributed by atoms with Gasteiger partial charge in [-0.25, -0.2) is 0 Å². The summed E-state index contributed by atoms with van der Waals surface area (Å²) in [6.45, 7) is 3.91. The molecule has 2 rings (SSSR count). The Hall–Kier alpha value is -0.610. The second-order valence-corrected chi connectivity index (χ2v) is 5.44. The van der Waals surface area contributed by atoms with E-state index in [0.717, 1.165) is 52.0 Å². The van der Waals surface area contributed by atoms with Crippen molar-refractivity contribution in [2.45, 2.75) is 32.1 Å². The highest BCUT2D eigenvalue weighted by molar-refractivity contribution is 5.69. The number of carbonyl (C=O) groups is 1. The van der Waals surface area contributed by atoms with Crippen LogP contribution in [0.1, 0.15) is 32.1 Å². The van der Waals surface area contributed by atoms with Gasteiger partial charge in [0.1, 0.15) is 0 Å². The van der Waals surface area contributed by atoms with Gasteiger partial charge in [0, 0.05) is 13.2 Å². The lowest BCUT2D eigenvalue weighted by molar-refractivity contribution is -0.143. The highest BCUT2D eigenvalue weighted by Crippen LogP contribution is 2.28. The van der Waals surface area contributed by atoms with Crippen LogP contribution < -0.4 is 5.32 Å². The van der Waals surface area contributed by atoms with Crippen LogP contribution in [-0.4, -0.2) is 37.4 Å². The van der Waals surface area contributed by atoms with Gasteiger partial charge in [-0.2, -0.15) is 0 Å². The van der Waals surface area contributed by atoms with Gasteiger partial charge >= 0.3 is 5.97 Å². The molecule has 0 spiro atoms. The van der Waals surface area contributed by atoms with Gasteiger partial charge in [-0.1, -0.05) is 0 Å². The molecule has 2 fully saturated rings. The van der Waals surface area contributed by atoms with Crippen molar-refractivity contribution in [1.82, 2.24) is 5.32 Å². The molecule has 4 nitrogen and oxygen atoms in total. The first-order valence-corrected chi connectivity index (χ1v) is 6.77. The van der Waals surface area contributed by atoms with Gasteiger partial charge in [-0.3, -0.25) is 4.79 Å². The third-order valence-corrected chi connectivity index (χ3v) is 4.09. The summed E-state index contributed by atoms with van der Waals surface area (Å²) >= 11 is 0. The highest BCUT2D eigenvalue weighted by atomic mass is 16.5. The Morgan fingerprint density at radius 3 is 2.41 bits per heavy atom. The SMILES string of the molecule is O=C(O)C1CCC(CNCC2CCOC2)CC1. The maximum absolute atomic E-state index is 10.8. The van der Waals surface area contributed by atoms with Crippen LogP contribution in [-0.2, 0) is 9.53 Å². The smallest absolute Gasteiger partial charge is 0.306 e. The van der Waals surface area contributed by atoms with Crippen LogP contribution in [0.15, 0.2) is 0 Å². The maximum Gasteiger partial charge on any atom is 0.306 e. The molecule has 1 unspecified atom stereocenters. The van der Waals surface area contributed by atoms with Gasteiger partial charge in [0.15, 0.2) is 0 Å². The summed E-state index contributed by atoms with van der Waals surface area (Å²) < 4.78 is 5.33. The van der Waals surface area contributed by atoms with Crippen LogP contribution >= 0.6 is 0 Å². The lowest BCUT2D eigenvalue weighted by Gasteiger charge is -2.26. The Morgan fingerprint density at radius 2 is 1.82 bits per heavy atom. The average Bonchev–Trinajstić information content (AvgIpc) is 2.83. The molecule has 0 aromatic carbocycles. The lowest BCUT2D eigenvalue weighted by Crippen LogP contribution is -2.31. The minimum Gasteiger partial charge on any atom is -0.481 e. The normalized spacial score (nSPS) is 33.8. The fourth-order valence-corrected chi connectivity index (χ4v) is 2.85. The molecule has 1 aliphatic carbocycles. The summed E-state index contributed by atoms with van der Waals surface area (Å²) in [5, 5.41) is 12.4. The van der Waals surface area contributed by atoms with Crippen LogP contribution in [0, 0.1) is 17.8 Å². The molecule has 0 aromatic heterocycles. The first-order valence-electron chi connectivity index (χ1n) is 6.77. The molecule has 17 heavy (non-hydrogen) atoms. The number of carboxylic acids is 1. The molecule has 0 aromatic rings. The predicted octanol–water partition coefficient (Wildman–Crippen LogP) is 1.50. The fraction of sp³-hybridized carbons (Fsp3) is 0.923. The van der Waals surface area contributed by atoms with Crippen LogP contribution in [0.5, 0.6) is 0 Å². The van der Waals surface area contributed by atoms with Gasteiger partial charge in [-0.05, 0) is 50.5 Å². The summed E-state index contributed by atoms with van der Waals surface area (Å²) in [6.07, 6.45) is 5.01. The Morgan fingerprint density at radius 1 is 1.12 bits per heavy atom. The van der Waals surface area contributed by atoms with E-state index in [-0.39, 0.29) is 5.92 Å². The van der Waals surface area contributed by atoms with Crippen LogP contribution in [0.2, 0.25) is 0 Å². The number of nitrogens with one attached hydrogen (secondary N) is 1. The minimum atomic E-state index is -0.612. The van der Waals surface area contributed by atoms with Crippen molar-refractivity contribution in [3.63, 3.8) is 0 Å². The van der Waals surface area contributed by atoms with E-state index in [9.17, 15) is 4.79 Å². The van der Waals surface area contributed by atoms with E-state index >= 15 is 0 Å². The van der Waals surface area contributed by atoms with Crippen molar-refractivity contribution in [2.24, 2.45) is 17.8 Å². The topological polar surface area (TPSA) is 58.6 Å². The summed E-state index contributed by atoms with van der Waals surface area (Å²) in [7, 11) is 0. The Balaban J connectivity index is 1.56. The molecule has 1 heterocycles. The van der Waals surface area contributed by atoms with Gasteiger partial charge < -0.3 is 15.2 Å². The van der Waals surface area contributed by atoms with Crippen molar-refractivity contribution in [2.75, 3.05) is 26.3 Å². The number of hydrogen-bond acceptors (Lipinski definition) is 3. The first kappa shape index (κ1) is 12.8. The summed E-state index contributed by atoms with van der Waals surface area (Å²) in [6, 6.07) is 0. The van der Waals surface area contributed by atoms with Gasteiger partial charge in [0.05, 0.1) is 12.5 Å². The number of hydrogen-bond donors (Lipinski definition) is 2. The van der Waals surface area contributed by atoms with Crippen molar-refractivity contribution >= 4 is 5.97 Å². The van der Waals surface area contributed by atoms with Gasteiger partial charge in [0.25, 0.3) is 0 Å². The van der Waals surface area contributed by atoms with E-state index in [4.69, 9.17) is 9.84 Å². The Labute approximate surface area is 103 Å². The monoisotopic (exact) mass is 241 g/mol. The van der Waals surface area contributed by atoms with E-state index in [2.05, 4.69) is 5.32 Å². The summed E-state index contributed by atoms with van der Waals surface area (Å²) in [5.74, 6) is 0.660. The predicted molar refractivity (Wildman–Crippen MR) is 64.9 cm³/mol. The lowest BCUT2D eigenvalue weighted by atomic mass is 9.82. The molecule has 0 radical (unpaired) electrons. The van der Waals surface area contributed by atoms with Crippen molar-refractivity contribution in [3.8, 4) is 0 Å². The average molecular weight is 241 g/mol. The zero-order valence-electron chi connectivity index (χ0n) is 10.4. The fourth-order valence-electron chi connectivity index (χ4n) is 2.85. The largest absolute Gasteiger partial charge is 0.481 e. The third kappa shape index (κ3) is 3.96. The van der Waals surface area contributed by atoms with Crippen LogP contribution in [0.25, 0.3) is 0 Å². The number of aliphatic carboxylic acids is 1. The number of carboxylic acid groups (broad SMARTS) is 1. The van der Waals surface area contributed by atoms with Crippen LogP contribution in [0.4, 0.5) is 0 Å². The molecular formula is C13H23NO3. The van der Waals surface area contributed by atoms with Crippen molar-refractivity contribution in [3.05, 3.63) is 0 Å². The molecule has 0 bridgehead atoms. The molecule has 1 saturated heterocycles. The van der Waals surface area contributed by atoms with Crippen LogP contribution in [0.3, 0.4) is 0 Å². The van der Waals surface area contributed by atoms with E-state index < -0.39 is 5.97 Å². The van der Waals surface area contributed by atoms with Crippen molar-refractivity contribution in [1.29, 1.82) is 0 Å². The standard InChI is InChI=1S/C13H23NO3/c15-13(16)12-3-1-10(2-4-12)7-14-8-11-5-6-17-9-11/h10-12,14H,1-9H2,(H,15,16). The van der Waals surface area contributed by atoms with Gasteiger partial charge in [0.2, 0.25) is 0 Å². The van der Waals surface area contributed by atoms with E-state index in [1.165, 1.54) is 6.42 Å². The number of rotatable bonds is 5. The molecule has 0 amide bonds. The Bertz CT molecular complexity index is 243. The first-order chi connectivity index (χ1) is 8.25. The zero-order valence-corrected chi connectivity index (χ0v) is 10.4. The third-order valence-electron chi connectivity index (χ3n) is 4.09. The van der Waals surface area contributed by atoms with E-state index in [1.54, 1.807) is 0 Å².